The SMILES string of the molecule is FC(F)(F)c1ccc(SCCON=Cc2c(Cl)cc(OCC=C(Cl)Cl)cc2Cl)nc1. The lowest BCUT2D eigenvalue weighted by Crippen LogP contribution is -2.05. The van der Waals surface area contributed by atoms with Crippen molar-refractivity contribution in [3.63, 3.8) is 0 Å². The third-order valence-corrected chi connectivity index (χ3v) is 5.13. The first-order valence-electron chi connectivity index (χ1n) is 8.11. The molecule has 12 heteroatoms. The van der Waals surface area contributed by atoms with Crippen molar-refractivity contribution in [3.8, 4) is 5.75 Å². The van der Waals surface area contributed by atoms with Crippen LogP contribution in [0, 0.1) is 0 Å². The van der Waals surface area contributed by atoms with Crippen LogP contribution in [0.1, 0.15) is 11.1 Å². The van der Waals surface area contributed by atoms with Gasteiger partial charge in [-0.05, 0) is 30.3 Å². The largest absolute Gasteiger partial charge is 0.489 e. The first-order chi connectivity index (χ1) is 14.2. The number of aromatic nitrogens is 1. The van der Waals surface area contributed by atoms with E-state index in [1.807, 2.05) is 0 Å². The number of benzene rings is 1. The first-order valence-corrected chi connectivity index (χ1v) is 10.6. The molecule has 2 rings (SSSR count). The lowest BCUT2D eigenvalue weighted by molar-refractivity contribution is -0.137. The molecule has 0 unspecified atom stereocenters. The fourth-order valence-corrected chi connectivity index (χ4v) is 3.28. The Kier molecular flexibility index (Phi) is 9.90. The van der Waals surface area contributed by atoms with E-state index in [4.69, 9.17) is 56.0 Å². The van der Waals surface area contributed by atoms with Gasteiger partial charge < -0.3 is 9.57 Å². The average Bonchev–Trinajstić information content (AvgIpc) is 2.65. The van der Waals surface area contributed by atoms with E-state index in [2.05, 4.69) is 10.1 Å². The Bertz CT molecular complexity index is 882. The van der Waals surface area contributed by atoms with E-state index in [9.17, 15) is 13.2 Å². The minimum absolute atomic E-state index is 0.0837. The zero-order chi connectivity index (χ0) is 22.1. The lowest BCUT2D eigenvalue weighted by atomic mass is 10.2. The molecule has 0 aliphatic rings. The van der Waals surface area contributed by atoms with E-state index in [-0.39, 0.29) is 17.7 Å². The Balaban J connectivity index is 1.80. The lowest BCUT2D eigenvalue weighted by Gasteiger charge is -2.08. The Morgan fingerprint density at radius 1 is 1.17 bits per heavy atom. The maximum absolute atomic E-state index is 12.5. The summed E-state index contributed by atoms with van der Waals surface area (Å²) in [6.07, 6.45) is -0.799. The average molecular weight is 520 g/mol. The molecule has 0 saturated carbocycles. The van der Waals surface area contributed by atoms with Gasteiger partial charge in [0, 0.05) is 17.5 Å². The van der Waals surface area contributed by atoms with Gasteiger partial charge in [0.15, 0.2) is 0 Å². The predicted molar refractivity (Wildman–Crippen MR) is 115 cm³/mol. The Labute approximate surface area is 194 Å². The molecule has 1 heterocycles. The van der Waals surface area contributed by atoms with Crippen molar-refractivity contribution >= 4 is 64.4 Å². The van der Waals surface area contributed by atoms with Crippen molar-refractivity contribution in [2.24, 2.45) is 5.16 Å². The number of pyridine rings is 1. The van der Waals surface area contributed by atoms with Gasteiger partial charge >= 0.3 is 6.18 Å². The molecule has 0 amide bonds. The standard InChI is InChI=1S/C18H13Cl4F3N2O2S/c19-14-7-12(28-4-3-16(21)22)8-15(20)13(14)10-27-29-5-6-30-17-2-1-11(9-26-17)18(23,24)25/h1-3,7-10H,4-6H2. The summed E-state index contributed by atoms with van der Waals surface area (Å²) >= 11 is 24.6. The zero-order valence-electron chi connectivity index (χ0n) is 14.9. The molecule has 0 spiro atoms. The number of hydrogen-bond donors (Lipinski definition) is 0. The maximum Gasteiger partial charge on any atom is 0.417 e. The zero-order valence-corrected chi connectivity index (χ0v) is 18.8. The highest BCUT2D eigenvalue weighted by Gasteiger charge is 2.30. The van der Waals surface area contributed by atoms with Gasteiger partial charge in [-0.3, -0.25) is 0 Å². The molecule has 1 aromatic carbocycles. The first kappa shape index (κ1) is 24.9. The Morgan fingerprint density at radius 2 is 1.87 bits per heavy atom. The van der Waals surface area contributed by atoms with Crippen LogP contribution in [0.3, 0.4) is 0 Å². The summed E-state index contributed by atoms with van der Waals surface area (Å²) in [5.74, 6) is 0.856. The van der Waals surface area contributed by atoms with Crippen LogP contribution in [-0.2, 0) is 11.0 Å². The topological polar surface area (TPSA) is 43.7 Å². The summed E-state index contributed by atoms with van der Waals surface area (Å²) in [4.78, 5) is 8.88. The van der Waals surface area contributed by atoms with E-state index in [1.165, 1.54) is 30.1 Å². The van der Waals surface area contributed by atoms with Crippen LogP contribution in [0.15, 0.2) is 51.2 Å². The molecule has 30 heavy (non-hydrogen) atoms. The molecule has 1 aromatic heterocycles. The minimum Gasteiger partial charge on any atom is -0.489 e. The summed E-state index contributed by atoms with van der Waals surface area (Å²) in [7, 11) is 0. The molecule has 0 bridgehead atoms. The Morgan fingerprint density at radius 3 is 2.43 bits per heavy atom. The molecular weight excluding hydrogens is 507 g/mol. The number of nitrogens with zero attached hydrogens (tertiary/aromatic N) is 2. The van der Waals surface area contributed by atoms with Gasteiger partial charge in [-0.15, -0.1) is 11.8 Å². The molecule has 162 valence electrons. The second kappa shape index (κ2) is 11.9. The second-order valence-corrected chi connectivity index (χ2v) is 8.34. The third-order valence-electron chi connectivity index (χ3n) is 3.28. The van der Waals surface area contributed by atoms with Crippen LogP contribution in [0.5, 0.6) is 5.75 Å². The van der Waals surface area contributed by atoms with Crippen molar-refractivity contribution in [1.29, 1.82) is 0 Å². The molecule has 0 aliphatic carbocycles. The highest BCUT2D eigenvalue weighted by molar-refractivity contribution is 7.99. The normalized spacial score (nSPS) is 11.6. The number of oxime groups is 1. The van der Waals surface area contributed by atoms with Crippen molar-refractivity contribution in [2.75, 3.05) is 19.0 Å². The van der Waals surface area contributed by atoms with Crippen LogP contribution in [0.4, 0.5) is 13.2 Å². The number of hydrogen-bond acceptors (Lipinski definition) is 5. The van der Waals surface area contributed by atoms with Gasteiger partial charge in [0.05, 0.1) is 26.8 Å². The number of ether oxygens (including phenoxy) is 1. The van der Waals surface area contributed by atoms with Gasteiger partial charge in [-0.25, -0.2) is 4.98 Å². The molecule has 0 atom stereocenters. The van der Waals surface area contributed by atoms with Crippen LogP contribution in [0.25, 0.3) is 0 Å². The van der Waals surface area contributed by atoms with Gasteiger partial charge in [-0.2, -0.15) is 13.2 Å². The number of halogens is 7. The number of thioether (sulfide) groups is 1. The Hall–Kier alpha value is -1.32. The predicted octanol–water partition coefficient (Wildman–Crippen LogP) is 7.25. The minimum atomic E-state index is -4.41. The highest BCUT2D eigenvalue weighted by atomic mass is 35.5. The molecule has 0 radical (unpaired) electrons. The molecule has 0 fully saturated rings. The number of rotatable bonds is 9. The highest BCUT2D eigenvalue weighted by Crippen LogP contribution is 2.30. The van der Waals surface area contributed by atoms with Crippen molar-refractivity contribution in [3.05, 3.63) is 62.2 Å². The summed E-state index contributed by atoms with van der Waals surface area (Å²) in [5, 5.41) is 4.84. The third kappa shape index (κ3) is 8.43. The van der Waals surface area contributed by atoms with Crippen molar-refractivity contribution in [1.82, 2.24) is 4.98 Å². The summed E-state index contributed by atoms with van der Waals surface area (Å²) in [5.41, 5.74) is -0.356. The second-order valence-electron chi connectivity index (χ2n) is 5.40. The smallest absolute Gasteiger partial charge is 0.417 e. The van der Waals surface area contributed by atoms with E-state index < -0.39 is 11.7 Å². The van der Waals surface area contributed by atoms with E-state index in [0.29, 0.717) is 32.1 Å². The van der Waals surface area contributed by atoms with Crippen molar-refractivity contribution in [2.45, 2.75) is 11.2 Å². The van der Waals surface area contributed by atoms with Crippen LogP contribution in [0.2, 0.25) is 10.0 Å². The van der Waals surface area contributed by atoms with Crippen molar-refractivity contribution < 1.29 is 22.7 Å². The van der Waals surface area contributed by atoms with E-state index in [0.717, 1.165) is 12.3 Å². The fourth-order valence-electron chi connectivity index (χ4n) is 1.93. The van der Waals surface area contributed by atoms with Crippen LogP contribution < -0.4 is 4.74 Å². The quantitative estimate of drug-likeness (QED) is 0.151. The maximum atomic E-state index is 12.5. The molecule has 0 aliphatic heterocycles. The monoisotopic (exact) mass is 518 g/mol. The van der Waals surface area contributed by atoms with Gasteiger partial charge in [0.1, 0.15) is 23.5 Å². The van der Waals surface area contributed by atoms with Crippen LogP contribution in [-0.4, -0.2) is 30.2 Å². The van der Waals surface area contributed by atoms with Gasteiger partial charge in [0.2, 0.25) is 0 Å². The molecule has 0 N–H and O–H groups in total. The summed E-state index contributed by atoms with van der Waals surface area (Å²) in [6.45, 7) is 0.350. The molecule has 2 aromatic rings. The van der Waals surface area contributed by atoms with Crippen LogP contribution >= 0.6 is 58.2 Å². The fraction of sp³-hybridized carbons (Fsp3) is 0.222. The molecule has 0 saturated heterocycles. The van der Waals surface area contributed by atoms with Gasteiger partial charge in [-0.1, -0.05) is 51.6 Å². The number of alkyl halides is 3. The summed E-state index contributed by atoms with van der Waals surface area (Å²) in [6, 6.07) is 5.39. The van der Waals surface area contributed by atoms with E-state index in [1.54, 1.807) is 12.1 Å². The molecule has 4 nitrogen and oxygen atoms in total. The van der Waals surface area contributed by atoms with E-state index >= 15 is 0 Å². The summed E-state index contributed by atoms with van der Waals surface area (Å²) < 4.78 is 43.0. The van der Waals surface area contributed by atoms with Gasteiger partial charge in [0.25, 0.3) is 0 Å². The molecular formula is C18H13Cl4F3N2O2S.